The van der Waals surface area contributed by atoms with Crippen molar-refractivity contribution >= 4 is 17.3 Å². The number of alkyl halides is 3. The molecule has 4 rings (SSSR count). The zero-order valence-electron chi connectivity index (χ0n) is 17.4. The van der Waals surface area contributed by atoms with Crippen LogP contribution in [0.4, 0.5) is 13.2 Å². The van der Waals surface area contributed by atoms with Gasteiger partial charge in [-0.15, -0.1) is 0 Å². The smallest absolute Gasteiger partial charge is 0.352 e. The van der Waals surface area contributed by atoms with E-state index in [1.54, 1.807) is 16.8 Å². The predicted molar refractivity (Wildman–Crippen MR) is 118 cm³/mol. The van der Waals surface area contributed by atoms with Crippen LogP contribution in [-0.4, -0.2) is 26.1 Å². The SMILES string of the molecule is CCN1C(=S)N[C@H](c2ccccn2)[C@@H]1c1cc(C)n(-c2ccccc2C(F)(F)F)c1C. The third-order valence-electron chi connectivity index (χ3n) is 5.78. The van der Waals surface area contributed by atoms with E-state index in [4.69, 9.17) is 12.2 Å². The van der Waals surface area contributed by atoms with Gasteiger partial charge in [0.1, 0.15) is 0 Å². The Morgan fingerprint density at radius 1 is 1.10 bits per heavy atom. The molecule has 2 aromatic heterocycles. The molecule has 0 spiro atoms. The molecule has 3 aromatic rings. The summed E-state index contributed by atoms with van der Waals surface area (Å²) in [7, 11) is 0. The van der Waals surface area contributed by atoms with Crippen molar-refractivity contribution in [3.05, 3.63) is 82.9 Å². The first kappa shape index (κ1) is 21.4. The number of aryl methyl sites for hydroxylation is 1. The average molecular weight is 445 g/mol. The van der Waals surface area contributed by atoms with Crippen molar-refractivity contribution in [2.75, 3.05) is 6.54 Å². The van der Waals surface area contributed by atoms with Crippen molar-refractivity contribution in [2.45, 2.75) is 39.0 Å². The van der Waals surface area contributed by atoms with Crippen LogP contribution >= 0.6 is 12.2 Å². The Balaban J connectivity index is 1.87. The first-order chi connectivity index (χ1) is 14.7. The molecule has 0 aliphatic carbocycles. The van der Waals surface area contributed by atoms with E-state index in [-0.39, 0.29) is 17.8 Å². The summed E-state index contributed by atoms with van der Waals surface area (Å²) < 4.78 is 42.8. The summed E-state index contributed by atoms with van der Waals surface area (Å²) in [6.07, 6.45) is -2.71. The van der Waals surface area contributed by atoms with Crippen LogP contribution in [-0.2, 0) is 6.18 Å². The van der Waals surface area contributed by atoms with Gasteiger partial charge in [0.05, 0.1) is 29.0 Å². The number of hydrogen-bond donors (Lipinski definition) is 1. The monoisotopic (exact) mass is 444 g/mol. The van der Waals surface area contributed by atoms with Crippen molar-refractivity contribution in [2.24, 2.45) is 0 Å². The highest BCUT2D eigenvalue weighted by Crippen LogP contribution is 2.42. The van der Waals surface area contributed by atoms with Crippen LogP contribution < -0.4 is 5.32 Å². The van der Waals surface area contributed by atoms with Crippen LogP contribution in [0, 0.1) is 13.8 Å². The van der Waals surface area contributed by atoms with Gasteiger partial charge < -0.3 is 14.8 Å². The predicted octanol–water partition coefficient (Wildman–Crippen LogP) is 5.50. The number of hydrogen-bond acceptors (Lipinski definition) is 2. The molecular weight excluding hydrogens is 421 g/mol. The number of halogens is 3. The number of nitrogens with zero attached hydrogens (tertiary/aromatic N) is 3. The molecule has 3 heterocycles. The number of benzene rings is 1. The highest BCUT2D eigenvalue weighted by molar-refractivity contribution is 7.80. The Labute approximate surface area is 184 Å². The quantitative estimate of drug-likeness (QED) is 0.539. The second kappa shape index (κ2) is 8.00. The molecule has 0 radical (unpaired) electrons. The second-order valence-electron chi connectivity index (χ2n) is 7.59. The van der Waals surface area contributed by atoms with Gasteiger partial charge in [0.15, 0.2) is 5.11 Å². The fourth-order valence-corrected chi connectivity index (χ4v) is 4.82. The lowest BCUT2D eigenvalue weighted by Gasteiger charge is -2.27. The summed E-state index contributed by atoms with van der Waals surface area (Å²) >= 11 is 5.57. The fraction of sp³-hybridized carbons (Fsp3) is 0.304. The average Bonchev–Trinajstić information content (AvgIpc) is 3.23. The highest BCUT2D eigenvalue weighted by Gasteiger charge is 2.41. The number of rotatable bonds is 4. The maximum absolute atomic E-state index is 13.7. The summed E-state index contributed by atoms with van der Waals surface area (Å²) in [6, 6.07) is 13.0. The molecule has 0 amide bonds. The molecule has 2 atom stereocenters. The molecule has 1 N–H and O–H groups in total. The van der Waals surface area contributed by atoms with Gasteiger partial charge in [0, 0.05) is 24.1 Å². The van der Waals surface area contributed by atoms with E-state index >= 15 is 0 Å². The third-order valence-corrected chi connectivity index (χ3v) is 6.13. The van der Waals surface area contributed by atoms with Crippen LogP contribution in [0.2, 0.25) is 0 Å². The van der Waals surface area contributed by atoms with Crippen LogP contribution in [0.25, 0.3) is 5.69 Å². The minimum absolute atomic E-state index is 0.127. The first-order valence-electron chi connectivity index (χ1n) is 10.1. The number of thiocarbonyl (C=S) groups is 1. The number of likely N-dealkylation sites (N-methyl/N-ethyl adjacent to an activating group) is 1. The first-order valence-corrected chi connectivity index (χ1v) is 10.5. The molecular formula is C23H23F3N4S. The van der Waals surface area contributed by atoms with E-state index in [9.17, 15) is 13.2 Å². The van der Waals surface area contributed by atoms with Crippen LogP contribution in [0.1, 0.15) is 47.2 Å². The third kappa shape index (κ3) is 3.69. The maximum Gasteiger partial charge on any atom is 0.418 e. The van der Waals surface area contributed by atoms with Crippen molar-refractivity contribution in [3.8, 4) is 5.69 Å². The fourth-order valence-electron chi connectivity index (χ4n) is 4.45. The maximum atomic E-state index is 13.7. The molecule has 1 aliphatic heterocycles. The van der Waals surface area contributed by atoms with Gasteiger partial charge >= 0.3 is 6.18 Å². The number of para-hydroxylation sites is 1. The molecule has 1 fully saturated rings. The van der Waals surface area contributed by atoms with Gasteiger partial charge in [-0.25, -0.2) is 0 Å². The van der Waals surface area contributed by atoms with Gasteiger partial charge in [0.25, 0.3) is 0 Å². The Morgan fingerprint density at radius 3 is 2.45 bits per heavy atom. The second-order valence-corrected chi connectivity index (χ2v) is 7.98. The summed E-state index contributed by atoms with van der Waals surface area (Å²) in [6.45, 7) is 6.37. The summed E-state index contributed by atoms with van der Waals surface area (Å²) in [4.78, 5) is 6.56. The van der Waals surface area contributed by atoms with E-state index in [0.717, 1.165) is 28.7 Å². The molecule has 0 unspecified atom stereocenters. The Bertz CT molecular complexity index is 1110. The molecule has 4 nitrogen and oxygen atoms in total. The molecule has 8 heteroatoms. The minimum atomic E-state index is -4.44. The topological polar surface area (TPSA) is 33.1 Å². The molecule has 31 heavy (non-hydrogen) atoms. The van der Waals surface area contributed by atoms with E-state index in [0.29, 0.717) is 11.7 Å². The molecule has 0 saturated carbocycles. The molecule has 162 valence electrons. The van der Waals surface area contributed by atoms with Crippen LogP contribution in [0.5, 0.6) is 0 Å². The van der Waals surface area contributed by atoms with Crippen molar-refractivity contribution < 1.29 is 13.2 Å². The van der Waals surface area contributed by atoms with E-state index in [2.05, 4.69) is 15.2 Å². The van der Waals surface area contributed by atoms with Crippen molar-refractivity contribution in [1.29, 1.82) is 0 Å². The Hall–Kier alpha value is -2.87. The zero-order chi connectivity index (χ0) is 22.3. The van der Waals surface area contributed by atoms with Gasteiger partial charge in [-0.2, -0.15) is 13.2 Å². The lowest BCUT2D eigenvalue weighted by atomic mass is 9.97. The summed E-state index contributed by atoms with van der Waals surface area (Å²) in [5.41, 5.74) is 2.73. The normalized spacial score (nSPS) is 19.0. The summed E-state index contributed by atoms with van der Waals surface area (Å²) in [5, 5.41) is 3.97. The van der Waals surface area contributed by atoms with Crippen molar-refractivity contribution in [1.82, 2.24) is 19.8 Å². The Kier molecular flexibility index (Phi) is 5.51. The van der Waals surface area contributed by atoms with E-state index in [1.165, 1.54) is 12.1 Å². The number of aromatic nitrogens is 2. The molecule has 1 saturated heterocycles. The standard InChI is InChI=1S/C23H23F3N4S/c1-4-29-21(20(28-22(29)31)18-10-7-8-12-27-18)16-13-14(2)30(15(16)3)19-11-6-5-9-17(19)23(24,25)26/h5-13,20-21H,4H2,1-3H3,(H,28,31)/t20-,21+/m1/s1. The van der Waals surface area contributed by atoms with Gasteiger partial charge in [0.2, 0.25) is 0 Å². The van der Waals surface area contributed by atoms with Gasteiger partial charge in [-0.3, -0.25) is 4.98 Å². The van der Waals surface area contributed by atoms with Gasteiger partial charge in [-0.1, -0.05) is 18.2 Å². The highest BCUT2D eigenvalue weighted by atomic mass is 32.1. The Morgan fingerprint density at radius 2 is 1.81 bits per heavy atom. The largest absolute Gasteiger partial charge is 0.418 e. The number of pyridine rings is 1. The van der Waals surface area contributed by atoms with E-state index < -0.39 is 11.7 Å². The lowest BCUT2D eigenvalue weighted by Crippen LogP contribution is -2.29. The van der Waals surface area contributed by atoms with Crippen LogP contribution in [0.3, 0.4) is 0 Å². The van der Waals surface area contributed by atoms with Crippen LogP contribution in [0.15, 0.2) is 54.7 Å². The summed E-state index contributed by atoms with van der Waals surface area (Å²) in [5.74, 6) is 0. The zero-order valence-corrected chi connectivity index (χ0v) is 18.3. The minimum Gasteiger partial charge on any atom is -0.352 e. The molecule has 1 aliphatic rings. The van der Waals surface area contributed by atoms with Gasteiger partial charge in [-0.05, 0) is 68.9 Å². The molecule has 0 bridgehead atoms. The molecule has 1 aromatic carbocycles. The lowest BCUT2D eigenvalue weighted by molar-refractivity contribution is -0.137. The van der Waals surface area contributed by atoms with E-state index in [1.807, 2.05) is 45.0 Å². The number of nitrogens with one attached hydrogen (secondary N) is 1. The van der Waals surface area contributed by atoms with Crippen molar-refractivity contribution in [3.63, 3.8) is 0 Å².